The largest absolute Gasteiger partial charge is 0.384 e. The van der Waals surface area contributed by atoms with Crippen molar-refractivity contribution in [3.63, 3.8) is 0 Å². The summed E-state index contributed by atoms with van der Waals surface area (Å²) in [4.78, 5) is 17.0. The predicted octanol–water partition coefficient (Wildman–Crippen LogP) is 3.45. The summed E-state index contributed by atoms with van der Waals surface area (Å²) >= 11 is 1.19. The number of aromatic nitrogens is 1. The highest BCUT2D eigenvalue weighted by Crippen LogP contribution is 2.39. The molecule has 9 heteroatoms. The van der Waals surface area contributed by atoms with Gasteiger partial charge in [-0.05, 0) is 41.3 Å². The molecule has 0 saturated heterocycles. The number of Topliss-reactive ketones (excluding diaryl/α,β-unsaturated/α-hetero) is 1. The van der Waals surface area contributed by atoms with Gasteiger partial charge in [0.15, 0.2) is 4.91 Å². The highest BCUT2D eigenvalue weighted by atomic mass is 32.2. The first-order valence-electron chi connectivity index (χ1n) is 8.69. The van der Waals surface area contributed by atoms with Crippen LogP contribution in [0, 0.1) is 5.82 Å². The second kappa shape index (κ2) is 7.76. The summed E-state index contributed by atoms with van der Waals surface area (Å²) in [6.07, 6.45) is 2.86. The van der Waals surface area contributed by atoms with Crippen molar-refractivity contribution in [3.05, 3.63) is 93.2 Å². The van der Waals surface area contributed by atoms with Crippen LogP contribution in [-0.2, 0) is 23.1 Å². The fraction of sp³-hybridized carbons (Fsp3) is 0.100. The van der Waals surface area contributed by atoms with Crippen molar-refractivity contribution < 1.29 is 17.6 Å². The molecule has 0 bridgehead atoms. The molecule has 0 spiro atoms. The molecule has 3 aromatic rings. The average molecular weight is 429 g/mol. The van der Waals surface area contributed by atoms with E-state index in [1.54, 1.807) is 29.8 Å². The summed E-state index contributed by atoms with van der Waals surface area (Å²) in [6, 6.07) is 12.6. The summed E-state index contributed by atoms with van der Waals surface area (Å²) in [5.74, 6) is -0.945. The standard InChI is InChI=1S/C20H16FN3O3S2/c21-15-6-4-14(5-7-15)13-24-17-8-10-28-20(17)19(25)18(29(24,26)27)12-22-11-16-3-1-2-9-23-16/h1-10,12,22H,11,13H2. The summed E-state index contributed by atoms with van der Waals surface area (Å²) in [7, 11) is -4.08. The lowest BCUT2D eigenvalue weighted by Gasteiger charge is -2.29. The van der Waals surface area contributed by atoms with Crippen LogP contribution in [0.3, 0.4) is 0 Å². The first-order chi connectivity index (χ1) is 14.0. The van der Waals surface area contributed by atoms with E-state index < -0.39 is 21.6 Å². The van der Waals surface area contributed by atoms with E-state index in [1.807, 2.05) is 6.07 Å². The number of hydrogen-bond donors (Lipinski definition) is 1. The Kier molecular flexibility index (Phi) is 5.16. The molecule has 2 aromatic heterocycles. The number of ketones is 1. The first-order valence-corrected chi connectivity index (χ1v) is 11.0. The number of halogens is 1. The molecule has 1 aromatic carbocycles. The van der Waals surface area contributed by atoms with Gasteiger partial charge in [-0.1, -0.05) is 18.2 Å². The Morgan fingerprint density at radius 1 is 1.14 bits per heavy atom. The van der Waals surface area contributed by atoms with Gasteiger partial charge in [0.25, 0.3) is 10.0 Å². The molecule has 0 aliphatic carbocycles. The number of thiophene rings is 1. The number of allylic oxidation sites excluding steroid dienone is 1. The van der Waals surface area contributed by atoms with Gasteiger partial charge in [-0.3, -0.25) is 14.1 Å². The van der Waals surface area contributed by atoms with Crippen LogP contribution in [0.15, 0.2) is 71.2 Å². The fourth-order valence-electron chi connectivity index (χ4n) is 2.96. The number of fused-ring (bicyclic) bond motifs is 1. The van der Waals surface area contributed by atoms with Crippen molar-refractivity contribution in [1.29, 1.82) is 0 Å². The van der Waals surface area contributed by atoms with Gasteiger partial charge in [0.05, 0.1) is 24.5 Å². The number of carbonyl (C=O) groups excluding carboxylic acids is 1. The third-order valence-corrected chi connectivity index (χ3v) is 7.06. The van der Waals surface area contributed by atoms with Gasteiger partial charge in [0, 0.05) is 12.4 Å². The number of pyridine rings is 1. The minimum absolute atomic E-state index is 0.00277. The fourth-order valence-corrected chi connectivity index (χ4v) is 5.47. The lowest BCUT2D eigenvalue weighted by molar-refractivity contribution is 0.104. The molecule has 6 nitrogen and oxygen atoms in total. The van der Waals surface area contributed by atoms with E-state index in [4.69, 9.17) is 0 Å². The number of sulfonamides is 1. The van der Waals surface area contributed by atoms with E-state index in [0.29, 0.717) is 21.8 Å². The summed E-state index contributed by atoms with van der Waals surface area (Å²) < 4.78 is 40.8. The molecule has 4 rings (SSSR count). The van der Waals surface area contributed by atoms with Gasteiger partial charge in [-0.25, -0.2) is 12.8 Å². The molecule has 0 amide bonds. The summed E-state index contributed by atoms with van der Waals surface area (Å²) in [5, 5.41) is 4.56. The number of anilines is 1. The SMILES string of the molecule is O=C1C(=CNCc2ccccn2)S(=O)(=O)N(Cc2ccc(F)cc2)c2ccsc21. The van der Waals surface area contributed by atoms with Crippen molar-refractivity contribution in [2.75, 3.05) is 4.31 Å². The molecule has 1 aliphatic heterocycles. The van der Waals surface area contributed by atoms with Crippen LogP contribution in [0.2, 0.25) is 0 Å². The number of nitrogens with zero attached hydrogens (tertiary/aromatic N) is 2. The second-order valence-electron chi connectivity index (χ2n) is 6.31. The van der Waals surface area contributed by atoms with E-state index >= 15 is 0 Å². The van der Waals surface area contributed by atoms with Gasteiger partial charge in [0.1, 0.15) is 10.7 Å². The van der Waals surface area contributed by atoms with Crippen molar-refractivity contribution >= 4 is 32.8 Å². The molecule has 0 unspecified atom stereocenters. The maximum atomic E-state index is 13.2. The van der Waals surface area contributed by atoms with Crippen LogP contribution >= 0.6 is 11.3 Å². The van der Waals surface area contributed by atoms with E-state index in [2.05, 4.69) is 10.3 Å². The third kappa shape index (κ3) is 3.79. The molecule has 0 radical (unpaired) electrons. The second-order valence-corrected chi connectivity index (χ2v) is 9.06. The molecule has 0 fully saturated rings. The van der Waals surface area contributed by atoms with Gasteiger partial charge >= 0.3 is 0 Å². The minimum Gasteiger partial charge on any atom is -0.384 e. The van der Waals surface area contributed by atoms with E-state index in [1.165, 1.54) is 46.1 Å². The number of nitrogens with one attached hydrogen (secondary N) is 1. The summed E-state index contributed by atoms with van der Waals surface area (Å²) in [5.41, 5.74) is 1.67. The van der Waals surface area contributed by atoms with Crippen molar-refractivity contribution in [3.8, 4) is 0 Å². The molecular formula is C20H16FN3O3S2. The highest BCUT2D eigenvalue weighted by molar-refractivity contribution is 7.97. The zero-order chi connectivity index (χ0) is 20.4. The Morgan fingerprint density at radius 2 is 1.93 bits per heavy atom. The van der Waals surface area contributed by atoms with E-state index in [9.17, 15) is 17.6 Å². The lowest BCUT2D eigenvalue weighted by Crippen LogP contribution is -2.38. The molecular weight excluding hydrogens is 413 g/mol. The van der Waals surface area contributed by atoms with Crippen LogP contribution in [-0.4, -0.2) is 19.2 Å². The number of hydrogen-bond acceptors (Lipinski definition) is 6. The van der Waals surface area contributed by atoms with E-state index in [-0.39, 0.29) is 18.0 Å². The smallest absolute Gasteiger partial charge is 0.270 e. The maximum absolute atomic E-state index is 13.2. The number of carbonyl (C=O) groups is 1. The van der Waals surface area contributed by atoms with Gasteiger partial charge < -0.3 is 5.32 Å². The van der Waals surface area contributed by atoms with Gasteiger partial charge in [0.2, 0.25) is 5.78 Å². The third-order valence-electron chi connectivity index (χ3n) is 4.39. The number of benzene rings is 1. The quantitative estimate of drug-likeness (QED) is 0.629. The molecule has 3 heterocycles. The topological polar surface area (TPSA) is 79.4 Å². The predicted molar refractivity (Wildman–Crippen MR) is 109 cm³/mol. The van der Waals surface area contributed by atoms with Crippen LogP contribution in [0.4, 0.5) is 10.1 Å². The molecule has 1 N–H and O–H groups in total. The molecule has 1 aliphatic rings. The zero-order valence-electron chi connectivity index (χ0n) is 15.1. The summed E-state index contributed by atoms with van der Waals surface area (Å²) in [6.45, 7) is 0.277. The Bertz CT molecular complexity index is 1170. The van der Waals surface area contributed by atoms with Crippen LogP contribution in [0.25, 0.3) is 0 Å². The maximum Gasteiger partial charge on any atom is 0.270 e. The average Bonchev–Trinajstić information content (AvgIpc) is 3.20. The molecule has 0 saturated carbocycles. The Morgan fingerprint density at radius 3 is 2.66 bits per heavy atom. The number of rotatable bonds is 5. The van der Waals surface area contributed by atoms with Crippen LogP contribution < -0.4 is 9.62 Å². The molecule has 29 heavy (non-hydrogen) atoms. The van der Waals surface area contributed by atoms with Crippen LogP contribution in [0.5, 0.6) is 0 Å². The first kappa shape index (κ1) is 19.3. The Hall–Kier alpha value is -3.04. The van der Waals surface area contributed by atoms with Gasteiger partial charge in [-0.15, -0.1) is 11.3 Å². The zero-order valence-corrected chi connectivity index (χ0v) is 16.7. The monoisotopic (exact) mass is 429 g/mol. The van der Waals surface area contributed by atoms with Crippen molar-refractivity contribution in [2.24, 2.45) is 0 Å². The Labute approximate surface area is 171 Å². The lowest BCUT2D eigenvalue weighted by atomic mass is 10.2. The minimum atomic E-state index is -4.08. The van der Waals surface area contributed by atoms with Crippen LogP contribution in [0.1, 0.15) is 20.9 Å². The van der Waals surface area contributed by atoms with Gasteiger partial charge in [-0.2, -0.15) is 0 Å². The highest BCUT2D eigenvalue weighted by Gasteiger charge is 2.41. The normalized spacial score (nSPS) is 16.7. The molecule has 148 valence electrons. The Balaban J connectivity index is 1.67. The van der Waals surface area contributed by atoms with E-state index in [0.717, 1.165) is 0 Å². The van der Waals surface area contributed by atoms with Crippen molar-refractivity contribution in [2.45, 2.75) is 13.1 Å². The molecule has 0 atom stereocenters. The van der Waals surface area contributed by atoms with Crippen molar-refractivity contribution in [1.82, 2.24) is 10.3 Å².